The number of halogens is 3. The van der Waals surface area contributed by atoms with Crippen molar-refractivity contribution in [1.29, 1.82) is 0 Å². The second kappa shape index (κ2) is 7.65. The van der Waals surface area contributed by atoms with E-state index in [1.807, 2.05) is 6.92 Å². The normalized spacial score (nSPS) is 17.5. The number of hydrogen-bond donors (Lipinski definition) is 0. The summed E-state index contributed by atoms with van der Waals surface area (Å²) < 4.78 is 48.3. The van der Waals surface area contributed by atoms with Crippen molar-refractivity contribution in [1.82, 2.24) is 19.7 Å². The molecule has 6 nitrogen and oxygen atoms in total. The van der Waals surface area contributed by atoms with Gasteiger partial charge < -0.3 is 9.64 Å². The lowest BCUT2D eigenvalue weighted by atomic mass is 9.94. The highest BCUT2D eigenvalue weighted by Gasteiger charge is 2.35. The molecule has 2 aliphatic heterocycles. The predicted molar refractivity (Wildman–Crippen MR) is 110 cm³/mol. The van der Waals surface area contributed by atoms with Crippen molar-refractivity contribution in [2.45, 2.75) is 32.2 Å². The molecule has 1 amide bonds. The van der Waals surface area contributed by atoms with Gasteiger partial charge in [0.15, 0.2) is 17.5 Å². The lowest BCUT2D eigenvalue weighted by Crippen LogP contribution is -2.39. The molecule has 1 aromatic carbocycles. The second-order valence-corrected chi connectivity index (χ2v) is 8.11. The Labute approximate surface area is 182 Å². The molecule has 1 atom stereocenters. The van der Waals surface area contributed by atoms with Gasteiger partial charge in [-0.25, -0.2) is 18.2 Å². The van der Waals surface area contributed by atoms with Gasteiger partial charge in [-0.05, 0) is 44.4 Å². The number of nitrogens with zero attached hydrogens (tertiary/aromatic N) is 4. The first-order valence-electron chi connectivity index (χ1n) is 10.5. The van der Waals surface area contributed by atoms with Crippen molar-refractivity contribution in [2.24, 2.45) is 7.05 Å². The van der Waals surface area contributed by atoms with Crippen LogP contribution in [0.25, 0.3) is 11.3 Å². The van der Waals surface area contributed by atoms with Crippen molar-refractivity contribution in [3.8, 4) is 17.1 Å². The summed E-state index contributed by atoms with van der Waals surface area (Å²) in [7, 11) is 1.67. The van der Waals surface area contributed by atoms with E-state index in [2.05, 4.69) is 10.1 Å². The first kappa shape index (κ1) is 20.5. The largest absolute Gasteiger partial charge is 0.477 e. The standard InChI is InChI=1S/C23H21F3N4O2/c1-12-20-16(21(29(2)28-20)13-10-17(24)19(26)18(25)11-13)6-8-30(12)23(31)15-5-7-27-22-14(15)4-3-9-32-22/h5,7,10-12H,3-4,6,8-9H2,1-2H3/t12-/m0/s1. The van der Waals surface area contributed by atoms with Gasteiger partial charge in [-0.3, -0.25) is 9.48 Å². The molecule has 0 radical (unpaired) electrons. The van der Waals surface area contributed by atoms with Crippen LogP contribution in [-0.4, -0.2) is 38.7 Å². The summed E-state index contributed by atoms with van der Waals surface area (Å²) in [6.45, 7) is 2.88. The quantitative estimate of drug-likeness (QED) is 0.564. The Balaban J connectivity index is 1.51. The molecule has 0 unspecified atom stereocenters. The minimum absolute atomic E-state index is 0.127. The van der Waals surface area contributed by atoms with E-state index in [1.54, 1.807) is 24.2 Å². The fourth-order valence-electron chi connectivity index (χ4n) is 4.69. The molecule has 2 aromatic heterocycles. The number of hydrogen-bond acceptors (Lipinski definition) is 4. The van der Waals surface area contributed by atoms with Crippen molar-refractivity contribution in [3.63, 3.8) is 0 Å². The van der Waals surface area contributed by atoms with Crippen LogP contribution in [0.4, 0.5) is 13.2 Å². The van der Waals surface area contributed by atoms with E-state index in [4.69, 9.17) is 4.74 Å². The van der Waals surface area contributed by atoms with Gasteiger partial charge in [-0.2, -0.15) is 5.10 Å². The summed E-state index contributed by atoms with van der Waals surface area (Å²) in [4.78, 5) is 19.4. The molecule has 4 heterocycles. The summed E-state index contributed by atoms with van der Waals surface area (Å²) in [5.41, 5.74) is 3.59. The Kier molecular flexibility index (Phi) is 4.91. The number of aryl methyl sites for hydroxylation is 1. The smallest absolute Gasteiger partial charge is 0.254 e. The molecule has 0 aliphatic carbocycles. The number of benzene rings is 1. The lowest BCUT2D eigenvalue weighted by Gasteiger charge is -2.34. The van der Waals surface area contributed by atoms with Gasteiger partial charge in [0, 0.05) is 42.0 Å². The first-order chi connectivity index (χ1) is 15.4. The fourth-order valence-corrected chi connectivity index (χ4v) is 4.69. The van der Waals surface area contributed by atoms with Crippen LogP contribution in [0.5, 0.6) is 5.88 Å². The zero-order valence-electron chi connectivity index (χ0n) is 17.7. The van der Waals surface area contributed by atoms with Crippen molar-refractivity contribution >= 4 is 5.91 Å². The van der Waals surface area contributed by atoms with Gasteiger partial charge in [0.25, 0.3) is 5.91 Å². The Bertz CT molecular complexity index is 1220. The molecular formula is C23H21F3N4O2. The van der Waals surface area contributed by atoms with Gasteiger partial charge >= 0.3 is 0 Å². The number of fused-ring (bicyclic) bond motifs is 2. The van der Waals surface area contributed by atoms with Crippen LogP contribution >= 0.6 is 0 Å². The molecule has 0 fully saturated rings. The number of ether oxygens (including phenoxy) is 1. The van der Waals surface area contributed by atoms with Gasteiger partial charge in [0.2, 0.25) is 5.88 Å². The molecule has 0 N–H and O–H groups in total. The fraction of sp³-hybridized carbons (Fsp3) is 0.348. The summed E-state index contributed by atoms with van der Waals surface area (Å²) in [6.07, 6.45) is 3.59. The lowest BCUT2D eigenvalue weighted by molar-refractivity contribution is 0.0670. The summed E-state index contributed by atoms with van der Waals surface area (Å²) >= 11 is 0. The Hall–Kier alpha value is -3.36. The van der Waals surface area contributed by atoms with E-state index in [0.717, 1.165) is 36.1 Å². The molecule has 166 valence electrons. The maximum absolute atomic E-state index is 13.9. The molecule has 3 aromatic rings. The molecule has 0 bridgehead atoms. The Morgan fingerprint density at radius 3 is 2.66 bits per heavy atom. The maximum Gasteiger partial charge on any atom is 0.254 e. The second-order valence-electron chi connectivity index (χ2n) is 8.11. The van der Waals surface area contributed by atoms with Crippen LogP contribution in [0, 0.1) is 17.5 Å². The Morgan fingerprint density at radius 2 is 1.91 bits per heavy atom. The topological polar surface area (TPSA) is 60.2 Å². The SMILES string of the molecule is C[C@H]1c2nn(C)c(-c3cc(F)c(F)c(F)c3)c2CCN1C(=O)c1ccnc2c1CCCO2. The maximum atomic E-state index is 13.9. The summed E-state index contributed by atoms with van der Waals surface area (Å²) in [5.74, 6) is -3.62. The van der Waals surface area contributed by atoms with Gasteiger partial charge in [0.05, 0.1) is 24.0 Å². The van der Waals surface area contributed by atoms with E-state index >= 15 is 0 Å². The van der Waals surface area contributed by atoms with E-state index in [-0.39, 0.29) is 17.5 Å². The molecular weight excluding hydrogens is 421 g/mol. The van der Waals surface area contributed by atoms with Crippen molar-refractivity contribution in [2.75, 3.05) is 13.2 Å². The third-order valence-electron chi connectivity index (χ3n) is 6.22. The first-order valence-corrected chi connectivity index (χ1v) is 10.5. The van der Waals surface area contributed by atoms with Crippen LogP contribution in [0.15, 0.2) is 24.4 Å². The van der Waals surface area contributed by atoms with Crippen LogP contribution < -0.4 is 4.74 Å². The van der Waals surface area contributed by atoms with Crippen molar-refractivity contribution < 1.29 is 22.7 Å². The average Bonchev–Trinajstić information content (AvgIpc) is 3.13. The van der Waals surface area contributed by atoms with Crippen LogP contribution in [0.1, 0.15) is 46.6 Å². The van der Waals surface area contributed by atoms with Crippen LogP contribution in [-0.2, 0) is 19.9 Å². The Morgan fingerprint density at radius 1 is 1.16 bits per heavy atom. The molecule has 0 saturated carbocycles. The number of aromatic nitrogens is 3. The van der Waals surface area contributed by atoms with Gasteiger partial charge in [-0.1, -0.05) is 0 Å². The third kappa shape index (κ3) is 3.14. The van der Waals surface area contributed by atoms with E-state index in [0.29, 0.717) is 42.4 Å². The van der Waals surface area contributed by atoms with E-state index < -0.39 is 17.5 Å². The predicted octanol–water partition coefficient (Wildman–Crippen LogP) is 3.98. The van der Waals surface area contributed by atoms with Gasteiger partial charge in [-0.15, -0.1) is 0 Å². The highest BCUT2D eigenvalue weighted by Crippen LogP contribution is 2.37. The summed E-state index contributed by atoms with van der Waals surface area (Å²) in [5, 5.41) is 4.55. The van der Waals surface area contributed by atoms with Crippen LogP contribution in [0.2, 0.25) is 0 Å². The number of carbonyl (C=O) groups is 1. The van der Waals surface area contributed by atoms with Gasteiger partial charge in [0.1, 0.15) is 0 Å². The third-order valence-corrected chi connectivity index (χ3v) is 6.22. The molecule has 0 saturated heterocycles. The summed E-state index contributed by atoms with van der Waals surface area (Å²) in [6, 6.07) is 3.31. The van der Waals surface area contributed by atoms with E-state index in [9.17, 15) is 18.0 Å². The molecule has 2 aliphatic rings. The zero-order valence-corrected chi connectivity index (χ0v) is 17.7. The average molecular weight is 442 g/mol. The number of rotatable bonds is 2. The van der Waals surface area contributed by atoms with Crippen molar-refractivity contribution in [3.05, 3.63) is 64.2 Å². The highest BCUT2D eigenvalue weighted by molar-refractivity contribution is 5.96. The number of pyridine rings is 1. The zero-order chi connectivity index (χ0) is 22.6. The number of amides is 1. The number of carbonyl (C=O) groups excluding carboxylic acids is 1. The minimum atomic E-state index is -1.50. The monoisotopic (exact) mass is 442 g/mol. The molecule has 5 rings (SSSR count). The minimum Gasteiger partial charge on any atom is -0.477 e. The molecule has 32 heavy (non-hydrogen) atoms. The highest BCUT2D eigenvalue weighted by atomic mass is 19.2. The van der Waals surface area contributed by atoms with Crippen LogP contribution in [0.3, 0.4) is 0 Å². The van der Waals surface area contributed by atoms with E-state index in [1.165, 1.54) is 4.68 Å². The molecule has 0 spiro atoms. The molecule has 9 heteroatoms.